The average molecular weight is 324 g/mol. The second kappa shape index (κ2) is 4.90. The number of rotatable bonds is 2. The first-order chi connectivity index (χ1) is 8.74. The van der Waals surface area contributed by atoms with E-state index in [0.717, 1.165) is 18.5 Å². The van der Waals surface area contributed by atoms with E-state index in [2.05, 4.69) is 44.4 Å². The molecular formula is C14H12BrClN2. The first-order valence-electron chi connectivity index (χ1n) is 5.89. The molecule has 1 heterocycles. The highest BCUT2D eigenvalue weighted by Crippen LogP contribution is 2.37. The molecule has 92 valence electrons. The molecule has 0 bridgehead atoms. The molecule has 0 saturated carbocycles. The quantitative estimate of drug-likeness (QED) is 0.817. The van der Waals surface area contributed by atoms with Crippen molar-refractivity contribution in [3.05, 3.63) is 57.3 Å². The summed E-state index contributed by atoms with van der Waals surface area (Å²) in [6.45, 7) is 0. The Morgan fingerprint density at radius 2 is 2.22 bits per heavy atom. The summed E-state index contributed by atoms with van der Waals surface area (Å²) in [7, 11) is 0. The van der Waals surface area contributed by atoms with Gasteiger partial charge in [0.1, 0.15) is 5.15 Å². The first-order valence-corrected chi connectivity index (χ1v) is 7.06. The number of hydrogen-bond acceptors (Lipinski definition) is 2. The van der Waals surface area contributed by atoms with Crippen LogP contribution in [0.4, 0.5) is 5.69 Å². The van der Waals surface area contributed by atoms with Crippen molar-refractivity contribution >= 4 is 33.2 Å². The van der Waals surface area contributed by atoms with Gasteiger partial charge in [-0.05, 0) is 42.2 Å². The smallest absolute Gasteiger partial charge is 0.131 e. The van der Waals surface area contributed by atoms with Gasteiger partial charge in [0.15, 0.2) is 0 Å². The standard InChI is InChI=1S/C14H12BrClN2/c15-12-3-1-2-11-10(12)4-5-13(11)18-9-6-7-17-14(16)8-9/h1-3,6-8,13H,4-5H2,(H,17,18). The van der Waals surface area contributed by atoms with Crippen molar-refractivity contribution in [2.45, 2.75) is 18.9 Å². The fourth-order valence-electron chi connectivity index (χ4n) is 2.45. The number of nitrogens with zero attached hydrogens (tertiary/aromatic N) is 1. The Morgan fingerprint density at radius 1 is 1.33 bits per heavy atom. The summed E-state index contributed by atoms with van der Waals surface area (Å²) < 4.78 is 1.21. The molecule has 4 heteroatoms. The average Bonchev–Trinajstić information content (AvgIpc) is 2.74. The van der Waals surface area contributed by atoms with E-state index in [-0.39, 0.29) is 0 Å². The highest BCUT2D eigenvalue weighted by Gasteiger charge is 2.23. The van der Waals surface area contributed by atoms with E-state index in [1.807, 2.05) is 12.1 Å². The van der Waals surface area contributed by atoms with Gasteiger partial charge in [-0.3, -0.25) is 0 Å². The van der Waals surface area contributed by atoms with Gasteiger partial charge >= 0.3 is 0 Å². The second-order valence-corrected chi connectivity index (χ2v) is 5.65. The van der Waals surface area contributed by atoms with Crippen molar-refractivity contribution in [2.75, 3.05) is 5.32 Å². The van der Waals surface area contributed by atoms with Gasteiger partial charge in [-0.2, -0.15) is 0 Å². The highest BCUT2D eigenvalue weighted by molar-refractivity contribution is 9.10. The van der Waals surface area contributed by atoms with Gasteiger partial charge in [-0.1, -0.05) is 39.7 Å². The minimum absolute atomic E-state index is 0.357. The summed E-state index contributed by atoms with van der Waals surface area (Å²) in [5.74, 6) is 0. The molecule has 18 heavy (non-hydrogen) atoms. The summed E-state index contributed by atoms with van der Waals surface area (Å²) in [6, 6.07) is 10.5. The number of aromatic nitrogens is 1. The lowest BCUT2D eigenvalue weighted by atomic mass is 10.1. The molecule has 1 aromatic heterocycles. The fourth-order valence-corrected chi connectivity index (χ4v) is 3.21. The molecule has 2 nitrogen and oxygen atoms in total. The zero-order chi connectivity index (χ0) is 12.5. The Bertz CT molecular complexity index is 586. The highest BCUT2D eigenvalue weighted by atomic mass is 79.9. The largest absolute Gasteiger partial charge is 0.378 e. The Kier molecular flexibility index (Phi) is 3.27. The maximum atomic E-state index is 5.90. The first kappa shape index (κ1) is 12.0. The topological polar surface area (TPSA) is 24.9 Å². The Labute approximate surface area is 120 Å². The summed E-state index contributed by atoms with van der Waals surface area (Å²) in [5, 5.41) is 4.04. The van der Waals surface area contributed by atoms with Crippen LogP contribution in [0.1, 0.15) is 23.6 Å². The number of benzene rings is 1. The third-order valence-electron chi connectivity index (χ3n) is 3.28. The van der Waals surface area contributed by atoms with E-state index in [1.54, 1.807) is 6.20 Å². The van der Waals surface area contributed by atoms with Crippen LogP contribution in [0.3, 0.4) is 0 Å². The third kappa shape index (κ3) is 2.25. The van der Waals surface area contributed by atoms with Crippen LogP contribution >= 0.6 is 27.5 Å². The van der Waals surface area contributed by atoms with Crippen LogP contribution in [0.2, 0.25) is 5.15 Å². The Hall–Kier alpha value is -1.06. The minimum Gasteiger partial charge on any atom is -0.378 e. The molecule has 0 aliphatic heterocycles. The van der Waals surface area contributed by atoms with Crippen LogP contribution in [0.15, 0.2) is 41.0 Å². The van der Waals surface area contributed by atoms with Gasteiger partial charge in [0.05, 0.1) is 6.04 Å². The summed E-state index contributed by atoms with van der Waals surface area (Å²) in [6.07, 6.45) is 3.94. The van der Waals surface area contributed by atoms with E-state index in [9.17, 15) is 0 Å². The van der Waals surface area contributed by atoms with Crippen LogP contribution in [-0.4, -0.2) is 4.98 Å². The Morgan fingerprint density at radius 3 is 3.06 bits per heavy atom. The van der Waals surface area contributed by atoms with Gasteiger partial charge in [0.2, 0.25) is 0 Å². The van der Waals surface area contributed by atoms with Crippen LogP contribution in [0.5, 0.6) is 0 Å². The van der Waals surface area contributed by atoms with E-state index >= 15 is 0 Å². The van der Waals surface area contributed by atoms with Gasteiger partial charge in [-0.15, -0.1) is 0 Å². The van der Waals surface area contributed by atoms with Crippen molar-refractivity contribution in [3.63, 3.8) is 0 Å². The van der Waals surface area contributed by atoms with Crippen LogP contribution in [0, 0.1) is 0 Å². The summed E-state index contributed by atoms with van der Waals surface area (Å²) in [4.78, 5) is 3.99. The summed E-state index contributed by atoms with van der Waals surface area (Å²) >= 11 is 9.51. The van der Waals surface area contributed by atoms with Gasteiger partial charge in [0.25, 0.3) is 0 Å². The van der Waals surface area contributed by atoms with Crippen molar-refractivity contribution in [3.8, 4) is 0 Å². The fraction of sp³-hybridized carbons (Fsp3) is 0.214. The summed E-state index contributed by atoms with van der Waals surface area (Å²) in [5.41, 5.74) is 3.81. The van der Waals surface area contributed by atoms with Crippen molar-refractivity contribution in [1.82, 2.24) is 4.98 Å². The number of halogens is 2. The molecule has 1 N–H and O–H groups in total. The molecule has 0 saturated heterocycles. The lowest BCUT2D eigenvalue weighted by Gasteiger charge is -2.15. The molecule has 0 amide bonds. The molecule has 0 radical (unpaired) electrons. The van der Waals surface area contributed by atoms with E-state index in [1.165, 1.54) is 15.6 Å². The molecule has 1 atom stereocenters. The van der Waals surface area contributed by atoms with Gasteiger partial charge in [0, 0.05) is 16.4 Å². The lowest BCUT2D eigenvalue weighted by molar-refractivity contribution is 0.761. The molecule has 1 aromatic carbocycles. The molecular weight excluding hydrogens is 312 g/mol. The number of pyridine rings is 1. The molecule has 1 aliphatic rings. The SMILES string of the molecule is Clc1cc(NC2CCc3c(Br)cccc32)ccn1. The van der Waals surface area contributed by atoms with Gasteiger partial charge < -0.3 is 5.32 Å². The number of nitrogens with one attached hydrogen (secondary N) is 1. The van der Waals surface area contributed by atoms with E-state index in [4.69, 9.17) is 11.6 Å². The predicted octanol–water partition coefficient (Wildman–Crippen LogP) is 4.60. The lowest BCUT2D eigenvalue weighted by Crippen LogP contribution is -2.07. The van der Waals surface area contributed by atoms with Crippen molar-refractivity contribution in [1.29, 1.82) is 0 Å². The van der Waals surface area contributed by atoms with Crippen LogP contribution < -0.4 is 5.32 Å². The van der Waals surface area contributed by atoms with Gasteiger partial charge in [-0.25, -0.2) is 4.98 Å². The maximum absolute atomic E-state index is 5.90. The van der Waals surface area contributed by atoms with Crippen molar-refractivity contribution < 1.29 is 0 Å². The zero-order valence-corrected chi connectivity index (χ0v) is 12.0. The van der Waals surface area contributed by atoms with Crippen LogP contribution in [-0.2, 0) is 6.42 Å². The third-order valence-corrected chi connectivity index (χ3v) is 4.23. The Balaban J connectivity index is 1.87. The molecule has 3 rings (SSSR count). The number of fused-ring (bicyclic) bond motifs is 1. The molecule has 2 aromatic rings. The number of anilines is 1. The molecule has 1 unspecified atom stereocenters. The van der Waals surface area contributed by atoms with E-state index in [0.29, 0.717) is 11.2 Å². The molecule has 0 spiro atoms. The predicted molar refractivity (Wildman–Crippen MR) is 78.1 cm³/mol. The van der Waals surface area contributed by atoms with Crippen molar-refractivity contribution in [2.24, 2.45) is 0 Å². The number of hydrogen-bond donors (Lipinski definition) is 1. The normalized spacial score (nSPS) is 17.6. The maximum Gasteiger partial charge on any atom is 0.131 e. The monoisotopic (exact) mass is 322 g/mol. The molecule has 1 aliphatic carbocycles. The van der Waals surface area contributed by atoms with E-state index < -0.39 is 0 Å². The second-order valence-electron chi connectivity index (χ2n) is 4.41. The van der Waals surface area contributed by atoms with Crippen LogP contribution in [0.25, 0.3) is 0 Å². The molecule has 0 fully saturated rings. The minimum atomic E-state index is 0.357. The zero-order valence-electron chi connectivity index (χ0n) is 9.66.